The number of nitrogens with zero attached hydrogens (tertiary/aromatic N) is 2. The van der Waals surface area contributed by atoms with Gasteiger partial charge in [-0.15, -0.1) is 0 Å². The van der Waals surface area contributed by atoms with Crippen LogP contribution >= 0.6 is 0 Å². The van der Waals surface area contributed by atoms with Gasteiger partial charge in [0.15, 0.2) is 0 Å². The van der Waals surface area contributed by atoms with Gasteiger partial charge >= 0.3 is 0 Å². The van der Waals surface area contributed by atoms with Gasteiger partial charge < -0.3 is 4.90 Å². The number of hydrogen-bond acceptors (Lipinski definition) is 3. The van der Waals surface area contributed by atoms with Crippen molar-refractivity contribution >= 4 is 0 Å². The summed E-state index contributed by atoms with van der Waals surface area (Å²) in [5, 5.41) is 12.1. The zero-order chi connectivity index (χ0) is 12.0. The predicted molar refractivity (Wildman–Crippen MR) is 61.3 cm³/mol. The smallest absolute Gasteiger partial charge is 0.123 e. The number of likely N-dealkylation sites (N-methyl/N-ethyl adjacent to an activating group) is 1. The van der Waals surface area contributed by atoms with E-state index < -0.39 is 6.04 Å². The molecule has 0 aliphatic rings. The standard InChI is InChI=1S/C12H16FN3/c1-16(2)7-6-15-12(9-14)10-4-3-5-11(13)8-10/h3-5,8,12,15H,6-7H2,1-2H3. The third-order valence-corrected chi connectivity index (χ3v) is 2.22. The molecular weight excluding hydrogens is 205 g/mol. The lowest BCUT2D eigenvalue weighted by molar-refractivity contribution is 0.395. The van der Waals surface area contributed by atoms with E-state index in [0.29, 0.717) is 12.1 Å². The average Bonchev–Trinajstić information content (AvgIpc) is 2.24. The Labute approximate surface area is 95.5 Å². The summed E-state index contributed by atoms with van der Waals surface area (Å²) < 4.78 is 13.0. The van der Waals surface area contributed by atoms with Gasteiger partial charge in [0.05, 0.1) is 6.07 Å². The molecule has 3 nitrogen and oxygen atoms in total. The molecule has 0 bridgehead atoms. The highest BCUT2D eigenvalue weighted by molar-refractivity contribution is 5.24. The summed E-state index contributed by atoms with van der Waals surface area (Å²) in [6.07, 6.45) is 0. The third kappa shape index (κ3) is 3.97. The van der Waals surface area contributed by atoms with Gasteiger partial charge in [0.2, 0.25) is 0 Å². The maximum absolute atomic E-state index is 13.0. The maximum Gasteiger partial charge on any atom is 0.123 e. The van der Waals surface area contributed by atoms with Gasteiger partial charge in [0.25, 0.3) is 0 Å². The lowest BCUT2D eigenvalue weighted by Crippen LogP contribution is -2.29. The summed E-state index contributed by atoms with van der Waals surface area (Å²) in [6.45, 7) is 1.54. The van der Waals surface area contributed by atoms with Crippen molar-refractivity contribution in [2.24, 2.45) is 0 Å². The molecule has 86 valence electrons. The van der Waals surface area contributed by atoms with Crippen LogP contribution in [0.2, 0.25) is 0 Å². The van der Waals surface area contributed by atoms with Crippen LogP contribution in [0, 0.1) is 17.1 Å². The Kier molecular flexibility index (Phi) is 4.90. The molecule has 1 aromatic carbocycles. The van der Waals surface area contributed by atoms with Gasteiger partial charge in [-0.1, -0.05) is 12.1 Å². The van der Waals surface area contributed by atoms with E-state index in [9.17, 15) is 4.39 Å². The minimum absolute atomic E-state index is 0.313. The van der Waals surface area contributed by atoms with Gasteiger partial charge in [-0.05, 0) is 31.8 Å². The molecule has 0 heterocycles. The molecule has 16 heavy (non-hydrogen) atoms. The zero-order valence-corrected chi connectivity index (χ0v) is 9.57. The largest absolute Gasteiger partial charge is 0.308 e. The molecule has 0 saturated carbocycles. The fourth-order valence-corrected chi connectivity index (χ4v) is 1.36. The van der Waals surface area contributed by atoms with Crippen molar-refractivity contribution in [2.75, 3.05) is 27.2 Å². The monoisotopic (exact) mass is 221 g/mol. The van der Waals surface area contributed by atoms with Gasteiger partial charge in [-0.2, -0.15) is 5.26 Å². The Morgan fingerprint density at radius 3 is 2.81 bits per heavy atom. The van der Waals surface area contributed by atoms with Gasteiger partial charge in [0.1, 0.15) is 11.9 Å². The number of rotatable bonds is 5. The lowest BCUT2D eigenvalue weighted by Gasteiger charge is -2.14. The zero-order valence-electron chi connectivity index (χ0n) is 9.57. The first kappa shape index (κ1) is 12.6. The molecule has 1 N–H and O–H groups in total. The van der Waals surface area contributed by atoms with E-state index in [4.69, 9.17) is 5.26 Å². The quantitative estimate of drug-likeness (QED) is 0.819. The molecule has 1 aromatic rings. The van der Waals surface area contributed by atoms with Crippen LogP contribution < -0.4 is 5.32 Å². The van der Waals surface area contributed by atoms with Crippen LogP contribution in [-0.2, 0) is 0 Å². The van der Waals surface area contributed by atoms with E-state index in [-0.39, 0.29) is 5.82 Å². The van der Waals surface area contributed by atoms with Crippen LogP contribution in [0.25, 0.3) is 0 Å². The van der Waals surface area contributed by atoms with Crippen LogP contribution in [0.4, 0.5) is 4.39 Å². The minimum atomic E-state index is -0.448. The number of halogens is 1. The molecule has 1 atom stereocenters. The summed E-state index contributed by atoms with van der Waals surface area (Å²) >= 11 is 0. The van der Waals surface area contributed by atoms with Crippen molar-refractivity contribution < 1.29 is 4.39 Å². The van der Waals surface area contributed by atoms with E-state index in [2.05, 4.69) is 11.4 Å². The molecule has 0 aliphatic carbocycles. The van der Waals surface area contributed by atoms with E-state index in [1.54, 1.807) is 12.1 Å². The van der Waals surface area contributed by atoms with Crippen molar-refractivity contribution in [2.45, 2.75) is 6.04 Å². The van der Waals surface area contributed by atoms with E-state index in [0.717, 1.165) is 6.54 Å². The molecule has 0 spiro atoms. The highest BCUT2D eigenvalue weighted by Crippen LogP contribution is 2.12. The van der Waals surface area contributed by atoms with Crippen LogP contribution in [0.15, 0.2) is 24.3 Å². The number of nitrogens with one attached hydrogen (secondary N) is 1. The maximum atomic E-state index is 13.0. The summed E-state index contributed by atoms with van der Waals surface area (Å²) in [5.41, 5.74) is 0.668. The molecule has 0 amide bonds. The third-order valence-electron chi connectivity index (χ3n) is 2.22. The Bertz CT molecular complexity index is 371. The summed E-state index contributed by atoms with van der Waals surface area (Å²) in [4.78, 5) is 2.02. The van der Waals surface area contributed by atoms with E-state index >= 15 is 0 Å². The Hall–Kier alpha value is -1.44. The molecule has 0 aliphatic heterocycles. The SMILES string of the molecule is CN(C)CCNC(C#N)c1cccc(F)c1. The molecule has 1 unspecified atom stereocenters. The Morgan fingerprint density at radius 1 is 1.50 bits per heavy atom. The molecule has 1 rings (SSSR count). The summed E-state index contributed by atoms with van der Waals surface area (Å²) in [5.74, 6) is -0.313. The number of hydrogen-bond donors (Lipinski definition) is 1. The Morgan fingerprint density at radius 2 is 2.25 bits per heavy atom. The molecule has 0 saturated heterocycles. The number of benzene rings is 1. The lowest BCUT2D eigenvalue weighted by atomic mass is 10.1. The normalized spacial score (nSPS) is 12.4. The first-order valence-electron chi connectivity index (χ1n) is 5.16. The van der Waals surface area contributed by atoms with Gasteiger partial charge in [-0.3, -0.25) is 5.32 Å². The second kappa shape index (κ2) is 6.21. The molecule has 0 radical (unpaired) electrons. The molecular formula is C12H16FN3. The molecule has 4 heteroatoms. The van der Waals surface area contributed by atoms with E-state index in [1.165, 1.54) is 12.1 Å². The first-order chi connectivity index (χ1) is 7.63. The van der Waals surface area contributed by atoms with Crippen molar-refractivity contribution in [3.8, 4) is 6.07 Å². The highest BCUT2D eigenvalue weighted by Gasteiger charge is 2.09. The Balaban J connectivity index is 2.58. The van der Waals surface area contributed by atoms with Crippen molar-refractivity contribution in [3.63, 3.8) is 0 Å². The topological polar surface area (TPSA) is 39.1 Å². The van der Waals surface area contributed by atoms with Crippen LogP contribution in [0.3, 0.4) is 0 Å². The van der Waals surface area contributed by atoms with Gasteiger partial charge in [0, 0.05) is 13.1 Å². The van der Waals surface area contributed by atoms with E-state index in [1.807, 2.05) is 19.0 Å². The van der Waals surface area contributed by atoms with Crippen LogP contribution in [0.1, 0.15) is 11.6 Å². The number of nitriles is 1. The predicted octanol–water partition coefficient (Wildman–Crippen LogP) is 1.54. The summed E-state index contributed by atoms with van der Waals surface area (Å²) in [6, 6.07) is 7.80. The highest BCUT2D eigenvalue weighted by atomic mass is 19.1. The minimum Gasteiger partial charge on any atom is -0.308 e. The van der Waals surface area contributed by atoms with Gasteiger partial charge in [-0.25, -0.2) is 4.39 Å². The van der Waals surface area contributed by atoms with Crippen molar-refractivity contribution in [3.05, 3.63) is 35.6 Å². The van der Waals surface area contributed by atoms with Crippen LogP contribution in [0.5, 0.6) is 0 Å². The molecule has 0 aromatic heterocycles. The van der Waals surface area contributed by atoms with Crippen molar-refractivity contribution in [1.82, 2.24) is 10.2 Å². The second-order valence-electron chi connectivity index (χ2n) is 3.87. The average molecular weight is 221 g/mol. The van der Waals surface area contributed by atoms with Crippen LogP contribution in [-0.4, -0.2) is 32.1 Å². The fraction of sp³-hybridized carbons (Fsp3) is 0.417. The second-order valence-corrected chi connectivity index (χ2v) is 3.87. The summed E-state index contributed by atoms with van der Waals surface area (Å²) in [7, 11) is 3.93. The molecule has 0 fully saturated rings. The first-order valence-corrected chi connectivity index (χ1v) is 5.16. The van der Waals surface area contributed by atoms with Crippen molar-refractivity contribution in [1.29, 1.82) is 5.26 Å². The fourth-order valence-electron chi connectivity index (χ4n) is 1.36.